The van der Waals surface area contributed by atoms with Gasteiger partial charge < -0.3 is 20.1 Å². The molecule has 0 bridgehead atoms. The lowest BCUT2D eigenvalue weighted by molar-refractivity contribution is -0.147. The molecule has 0 fully saturated rings. The summed E-state index contributed by atoms with van der Waals surface area (Å²) in [5, 5.41) is 12.8. The molecule has 10 heteroatoms. The first-order valence-electron chi connectivity index (χ1n) is 25.8. The van der Waals surface area contributed by atoms with Crippen LogP contribution >= 0.6 is 7.82 Å². The van der Waals surface area contributed by atoms with Crippen molar-refractivity contribution >= 4 is 19.7 Å². The quantitative estimate of drug-likeness (QED) is 0.0238. The van der Waals surface area contributed by atoms with E-state index in [4.69, 9.17) is 13.8 Å². The van der Waals surface area contributed by atoms with Crippen LogP contribution in [-0.2, 0) is 27.9 Å². The highest BCUT2D eigenvalue weighted by Crippen LogP contribution is 2.42. The molecular formula is C53H96NO8P. The molecule has 0 aromatic rings. The van der Waals surface area contributed by atoms with E-state index in [-0.39, 0.29) is 32.1 Å². The maximum absolute atomic E-state index is 12.2. The van der Waals surface area contributed by atoms with E-state index in [0.29, 0.717) is 6.42 Å². The Morgan fingerprint density at radius 3 is 1.29 bits per heavy atom. The van der Waals surface area contributed by atoms with Gasteiger partial charge in [-0.2, -0.15) is 0 Å². The lowest BCUT2D eigenvalue weighted by atomic mass is 10.0. The van der Waals surface area contributed by atoms with Crippen molar-refractivity contribution in [1.29, 1.82) is 0 Å². The molecule has 3 N–H and O–H groups in total. The Labute approximate surface area is 387 Å². The number of hydrogen-bond donors (Lipinski definition) is 3. The molecule has 366 valence electrons. The SMILES string of the molecule is CCCCC/C=C\C/C=C\C/C=C\CCCCCCCCCCC(=O)NCCOP(=O)(O)OCC(O)COC(=O)CCCCCCCCCCCCC/C=C\C/C=C\CCCCC. The van der Waals surface area contributed by atoms with Crippen molar-refractivity contribution < 1.29 is 37.9 Å². The van der Waals surface area contributed by atoms with Gasteiger partial charge in [-0.05, 0) is 83.5 Å². The average molecular weight is 906 g/mol. The fraction of sp³-hybridized carbons (Fsp3) is 0.774. The number of aliphatic hydroxyl groups excluding tert-OH is 1. The summed E-state index contributed by atoms with van der Waals surface area (Å²) in [4.78, 5) is 34.1. The van der Waals surface area contributed by atoms with Crippen LogP contribution in [0.5, 0.6) is 0 Å². The number of aliphatic hydroxyl groups is 1. The Hall–Kier alpha value is -2.29. The van der Waals surface area contributed by atoms with Crippen molar-refractivity contribution in [3.63, 3.8) is 0 Å². The summed E-state index contributed by atoms with van der Waals surface area (Å²) in [6.07, 6.45) is 60.1. The Morgan fingerprint density at radius 1 is 0.492 bits per heavy atom. The van der Waals surface area contributed by atoms with Crippen LogP contribution in [0.4, 0.5) is 0 Å². The molecule has 0 aromatic carbocycles. The molecule has 9 nitrogen and oxygen atoms in total. The van der Waals surface area contributed by atoms with E-state index in [1.165, 1.54) is 141 Å². The average Bonchev–Trinajstić information content (AvgIpc) is 3.27. The van der Waals surface area contributed by atoms with E-state index in [1.807, 2.05) is 0 Å². The molecule has 2 unspecified atom stereocenters. The highest BCUT2D eigenvalue weighted by atomic mass is 31.2. The number of rotatable bonds is 48. The predicted molar refractivity (Wildman–Crippen MR) is 266 cm³/mol. The van der Waals surface area contributed by atoms with Crippen molar-refractivity contribution in [2.75, 3.05) is 26.4 Å². The van der Waals surface area contributed by atoms with Gasteiger partial charge in [0.25, 0.3) is 0 Å². The van der Waals surface area contributed by atoms with Gasteiger partial charge in [-0.25, -0.2) is 4.57 Å². The van der Waals surface area contributed by atoms with Crippen LogP contribution in [0.25, 0.3) is 0 Å². The second-order valence-corrected chi connectivity index (χ2v) is 18.6. The van der Waals surface area contributed by atoms with Crippen LogP contribution in [0.15, 0.2) is 60.8 Å². The molecule has 63 heavy (non-hydrogen) atoms. The molecule has 0 radical (unpaired) electrons. The zero-order valence-corrected chi connectivity index (χ0v) is 41.4. The Morgan fingerprint density at radius 2 is 0.857 bits per heavy atom. The van der Waals surface area contributed by atoms with Gasteiger partial charge in [0, 0.05) is 19.4 Å². The number of carbonyl (C=O) groups is 2. The molecule has 0 aromatic heterocycles. The maximum Gasteiger partial charge on any atom is 0.472 e. The molecule has 0 saturated carbocycles. The number of esters is 1. The molecule has 2 atom stereocenters. The Bertz CT molecular complexity index is 1220. The third-order valence-electron chi connectivity index (χ3n) is 10.9. The summed E-state index contributed by atoms with van der Waals surface area (Å²) in [5.41, 5.74) is 0. The van der Waals surface area contributed by atoms with Crippen molar-refractivity contribution in [3.8, 4) is 0 Å². The number of unbranched alkanes of at least 4 members (excludes halogenated alkanes) is 25. The molecule has 0 aliphatic rings. The molecule has 1 amide bonds. The van der Waals surface area contributed by atoms with Crippen molar-refractivity contribution in [2.24, 2.45) is 0 Å². The van der Waals surface area contributed by atoms with Gasteiger partial charge in [0.2, 0.25) is 5.91 Å². The van der Waals surface area contributed by atoms with Crippen molar-refractivity contribution in [3.05, 3.63) is 60.8 Å². The number of hydrogen-bond acceptors (Lipinski definition) is 7. The first-order valence-corrected chi connectivity index (χ1v) is 27.3. The van der Waals surface area contributed by atoms with Crippen LogP contribution in [0.1, 0.15) is 232 Å². The number of amides is 1. The minimum absolute atomic E-state index is 0.0756. The minimum atomic E-state index is -4.43. The largest absolute Gasteiger partial charge is 0.472 e. The van der Waals surface area contributed by atoms with Gasteiger partial charge in [0.05, 0.1) is 13.2 Å². The van der Waals surface area contributed by atoms with Gasteiger partial charge in [-0.1, -0.05) is 197 Å². The fourth-order valence-electron chi connectivity index (χ4n) is 7.01. The standard InChI is InChI=1S/C53H96NO8P/c1-3-5-7-9-11-13-15-17-19-21-23-25-27-29-31-33-35-37-39-41-43-45-52(56)54-47-48-61-63(58,59)62-50-51(55)49-60-53(57)46-44-42-40-38-36-34-32-30-28-26-24-22-20-18-16-14-12-10-8-6-4-2/h11-14,17-20,23,25,51,55H,3-10,15-16,21-22,24,26-50H2,1-2H3,(H,54,56)(H,58,59)/b13-11-,14-12-,19-17-,20-18-,25-23-. The first kappa shape index (κ1) is 60.7. The fourth-order valence-corrected chi connectivity index (χ4v) is 7.76. The smallest absolute Gasteiger partial charge is 0.463 e. The summed E-state index contributed by atoms with van der Waals surface area (Å²) >= 11 is 0. The summed E-state index contributed by atoms with van der Waals surface area (Å²) in [7, 11) is -4.43. The lowest BCUT2D eigenvalue weighted by Crippen LogP contribution is -2.27. The van der Waals surface area contributed by atoms with Crippen LogP contribution in [-0.4, -0.2) is 54.3 Å². The minimum Gasteiger partial charge on any atom is -0.463 e. The second kappa shape index (κ2) is 49.2. The van der Waals surface area contributed by atoms with E-state index in [1.54, 1.807) is 0 Å². The van der Waals surface area contributed by atoms with E-state index < -0.39 is 26.5 Å². The second-order valence-electron chi connectivity index (χ2n) is 17.1. The summed E-state index contributed by atoms with van der Waals surface area (Å²) in [5.74, 6) is -0.523. The van der Waals surface area contributed by atoms with E-state index in [9.17, 15) is 24.2 Å². The van der Waals surface area contributed by atoms with Crippen molar-refractivity contribution in [1.82, 2.24) is 5.32 Å². The van der Waals surface area contributed by atoms with E-state index >= 15 is 0 Å². The zero-order chi connectivity index (χ0) is 46.0. The summed E-state index contributed by atoms with van der Waals surface area (Å²) in [6, 6.07) is 0. The van der Waals surface area contributed by atoms with Gasteiger partial charge in [-0.15, -0.1) is 0 Å². The van der Waals surface area contributed by atoms with Crippen LogP contribution in [0.3, 0.4) is 0 Å². The highest BCUT2D eigenvalue weighted by Gasteiger charge is 2.23. The highest BCUT2D eigenvalue weighted by molar-refractivity contribution is 7.47. The van der Waals surface area contributed by atoms with Gasteiger partial charge in [-0.3, -0.25) is 18.6 Å². The molecule has 0 heterocycles. The molecule has 0 spiro atoms. The van der Waals surface area contributed by atoms with Crippen molar-refractivity contribution in [2.45, 2.75) is 238 Å². The number of carbonyl (C=O) groups excluding carboxylic acids is 2. The molecular weight excluding hydrogens is 810 g/mol. The first-order chi connectivity index (χ1) is 30.8. The topological polar surface area (TPSA) is 131 Å². The van der Waals surface area contributed by atoms with E-state index in [0.717, 1.165) is 64.2 Å². The predicted octanol–water partition coefficient (Wildman–Crippen LogP) is 15.2. The van der Waals surface area contributed by atoms with Gasteiger partial charge in [0.15, 0.2) is 0 Å². The number of phosphoric ester groups is 1. The molecule has 0 rings (SSSR count). The molecule has 0 aliphatic heterocycles. The number of phosphoric acid groups is 1. The number of ether oxygens (including phenoxy) is 1. The normalized spacial score (nSPS) is 13.7. The van der Waals surface area contributed by atoms with Crippen LogP contribution in [0.2, 0.25) is 0 Å². The van der Waals surface area contributed by atoms with Crippen LogP contribution < -0.4 is 5.32 Å². The summed E-state index contributed by atoms with van der Waals surface area (Å²) < 4.78 is 27.0. The van der Waals surface area contributed by atoms with Crippen LogP contribution in [0, 0.1) is 0 Å². The third-order valence-corrected chi connectivity index (χ3v) is 11.9. The number of allylic oxidation sites excluding steroid dienone is 10. The molecule has 0 saturated heterocycles. The maximum atomic E-state index is 12.2. The van der Waals surface area contributed by atoms with E-state index in [2.05, 4.69) is 79.9 Å². The summed E-state index contributed by atoms with van der Waals surface area (Å²) in [6.45, 7) is 3.51. The van der Waals surface area contributed by atoms with Gasteiger partial charge in [0.1, 0.15) is 12.7 Å². The Balaban J connectivity index is 3.58. The lowest BCUT2D eigenvalue weighted by Gasteiger charge is -2.15. The monoisotopic (exact) mass is 906 g/mol. The Kier molecular flexibility index (Phi) is 47.4. The third kappa shape index (κ3) is 50.6. The molecule has 0 aliphatic carbocycles. The zero-order valence-electron chi connectivity index (χ0n) is 40.5. The van der Waals surface area contributed by atoms with Gasteiger partial charge >= 0.3 is 13.8 Å². The number of nitrogens with one attached hydrogen (secondary N) is 1.